The van der Waals surface area contributed by atoms with Gasteiger partial charge < -0.3 is 5.11 Å². The Morgan fingerprint density at radius 2 is 1.94 bits per heavy atom. The monoisotopic (exact) mass is 451 g/mol. The van der Waals surface area contributed by atoms with Crippen LogP contribution in [-0.4, -0.2) is 26.3 Å². The normalized spacial score (nSPS) is 42.1. The van der Waals surface area contributed by atoms with E-state index in [1.807, 2.05) is 11.6 Å². The second kappa shape index (κ2) is 8.84. The number of carbonyl (C=O) groups excluding carboxylic acids is 1. The highest BCUT2D eigenvalue weighted by atomic mass is 16.3. The summed E-state index contributed by atoms with van der Waals surface area (Å²) in [5.74, 6) is 4.65. The Balaban J connectivity index is 1.17. The lowest BCUT2D eigenvalue weighted by Gasteiger charge is -2.56. The zero-order chi connectivity index (χ0) is 23.2. The van der Waals surface area contributed by atoms with Crippen molar-refractivity contribution in [1.29, 1.82) is 5.26 Å². The molecule has 0 aromatic carbocycles. The lowest BCUT2D eigenvalue weighted by Crippen LogP contribution is -2.51. The molecule has 0 spiro atoms. The molecule has 1 heterocycles. The van der Waals surface area contributed by atoms with Gasteiger partial charge in [0.2, 0.25) is 0 Å². The first-order chi connectivity index (χ1) is 15.8. The highest BCUT2D eigenvalue weighted by Gasteiger charge is 2.58. The van der Waals surface area contributed by atoms with E-state index < -0.39 is 5.60 Å². The van der Waals surface area contributed by atoms with Gasteiger partial charge in [-0.25, -0.2) is 0 Å². The van der Waals surface area contributed by atoms with E-state index in [0.29, 0.717) is 17.8 Å². The lowest BCUT2D eigenvalue weighted by atomic mass is 9.49. The summed E-state index contributed by atoms with van der Waals surface area (Å²) in [6, 6.07) is 2.11. The van der Waals surface area contributed by atoms with Crippen molar-refractivity contribution < 1.29 is 9.90 Å². The van der Waals surface area contributed by atoms with Crippen LogP contribution in [0.5, 0.6) is 0 Å². The molecule has 5 nitrogen and oxygen atoms in total. The maximum atomic E-state index is 13.3. The number of Topliss-reactive ketones (excluding diaryl/α,β-unsaturated/α-hetero) is 1. The van der Waals surface area contributed by atoms with Gasteiger partial charge in [0.15, 0.2) is 0 Å². The number of unbranched alkanes of at least 4 members (excludes halogenated alkanes) is 1. The van der Waals surface area contributed by atoms with Gasteiger partial charge in [0.25, 0.3) is 0 Å². The molecule has 0 amide bonds. The van der Waals surface area contributed by atoms with E-state index in [-0.39, 0.29) is 11.3 Å². The molecule has 5 heteroatoms. The highest BCUT2D eigenvalue weighted by molar-refractivity contribution is 5.82. The van der Waals surface area contributed by atoms with Crippen LogP contribution in [0.25, 0.3) is 0 Å². The fourth-order valence-electron chi connectivity index (χ4n) is 8.90. The molecule has 1 N–H and O–H groups in total. The zero-order valence-electron chi connectivity index (χ0n) is 20.5. The molecule has 0 aliphatic heterocycles. The van der Waals surface area contributed by atoms with Crippen LogP contribution in [0.2, 0.25) is 0 Å². The maximum absolute atomic E-state index is 13.3. The minimum Gasteiger partial charge on any atom is -0.390 e. The number of nitriles is 1. The zero-order valence-corrected chi connectivity index (χ0v) is 20.5. The van der Waals surface area contributed by atoms with Gasteiger partial charge in [0.05, 0.1) is 17.4 Å². The predicted octanol–water partition coefficient (Wildman–Crippen LogP) is 5.51. The summed E-state index contributed by atoms with van der Waals surface area (Å²) in [6.07, 6.45) is 16.5. The third-order valence-corrected chi connectivity index (χ3v) is 10.4. The van der Waals surface area contributed by atoms with Crippen LogP contribution in [0.1, 0.15) is 96.5 Å². The van der Waals surface area contributed by atoms with E-state index in [1.165, 1.54) is 38.5 Å². The summed E-state index contributed by atoms with van der Waals surface area (Å²) >= 11 is 0. The van der Waals surface area contributed by atoms with Gasteiger partial charge in [-0.3, -0.25) is 9.48 Å². The second-order valence-corrected chi connectivity index (χ2v) is 12.4. The smallest absolute Gasteiger partial charge is 0.136 e. The summed E-state index contributed by atoms with van der Waals surface area (Å²) in [7, 11) is 0. The van der Waals surface area contributed by atoms with Crippen LogP contribution < -0.4 is 0 Å². The number of fused-ring (bicyclic) bond motifs is 5. The molecule has 4 saturated carbocycles. The standard InChI is InChI=1S/C28H41N3O2/c1-27(33)12-10-21-20(15-27)6-7-23-22(21)11-13-28(2)24(23)8-9-25(28)26(32)5-3-4-14-31-18-19(16-29)17-30-31/h17-18,20-25,33H,3-15H2,1-2H3/t20-,21+,22-,23-,24+,25-,27-,28+/m1/s1. The Hall–Kier alpha value is -1.67. The van der Waals surface area contributed by atoms with Crippen molar-refractivity contribution in [3.63, 3.8) is 0 Å². The minimum absolute atomic E-state index is 0.203. The Morgan fingerprint density at radius 3 is 2.73 bits per heavy atom. The van der Waals surface area contributed by atoms with Crippen LogP contribution in [0.3, 0.4) is 0 Å². The SMILES string of the molecule is C[C@@]1(O)CC[C@H]2[C@H](CC[C@@H]3[C@@H]2CC[C@]2(C)[C@@H](C(=O)CCCCn4cc(C#N)cn4)CC[C@@H]32)C1. The lowest BCUT2D eigenvalue weighted by molar-refractivity contribution is -0.132. The van der Waals surface area contributed by atoms with Crippen molar-refractivity contribution in [2.24, 2.45) is 40.9 Å². The largest absolute Gasteiger partial charge is 0.390 e. The fraction of sp³-hybridized carbons (Fsp3) is 0.821. The number of aliphatic hydroxyl groups is 1. The number of aryl methyl sites for hydroxylation is 1. The third kappa shape index (κ3) is 4.29. The quantitative estimate of drug-likeness (QED) is 0.578. The molecular weight excluding hydrogens is 410 g/mol. The fourth-order valence-corrected chi connectivity index (χ4v) is 8.90. The average molecular weight is 452 g/mol. The van der Waals surface area contributed by atoms with E-state index in [4.69, 9.17) is 5.26 Å². The summed E-state index contributed by atoms with van der Waals surface area (Å²) in [4.78, 5) is 13.3. The van der Waals surface area contributed by atoms with Gasteiger partial charge in [-0.15, -0.1) is 0 Å². The molecule has 0 bridgehead atoms. The number of hydrogen-bond donors (Lipinski definition) is 1. The summed E-state index contributed by atoms with van der Waals surface area (Å²) in [5, 5.41) is 23.8. The second-order valence-electron chi connectivity index (χ2n) is 12.4. The van der Waals surface area contributed by atoms with Crippen LogP contribution in [-0.2, 0) is 11.3 Å². The average Bonchev–Trinajstić information content (AvgIpc) is 3.39. The molecule has 5 rings (SSSR count). The number of rotatable bonds is 6. The van der Waals surface area contributed by atoms with Gasteiger partial charge in [0, 0.05) is 25.1 Å². The number of nitrogens with zero attached hydrogens (tertiary/aromatic N) is 3. The van der Waals surface area contributed by atoms with Crippen LogP contribution in [0, 0.1) is 52.3 Å². The molecule has 8 atom stereocenters. The number of aromatic nitrogens is 2. The van der Waals surface area contributed by atoms with Gasteiger partial charge in [-0.2, -0.15) is 10.4 Å². The molecule has 4 fully saturated rings. The van der Waals surface area contributed by atoms with Crippen molar-refractivity contribution >= 4 is 5.78 Å². The molecule has 4 aliphatic rings. The Bertz CT molecular complexity index is 914. The molecule has 4 aliphatic carbocycles. The molecule has 1 aromatic heterocycles. The topological polar surface area (TPSA) is 78.9 Å². The van der Waals surface area contributed by atoms with Gasteiger partial charge in [-0.05, 0) is 113 Å². The van der Waals surface area contributed by atoms with E-state index in [2.05, 4.69) is 18.1 Å². The van der Waals surface area contributed by atoms with E-state index in [0.717, 1.165) is 68.2 Å². The Labute approximate surface area is 198 Å². The van der Waals surface area contributed by atoms with E-state index in [1.54, 1.807) is 12.4 Å². The van der Waals surface area contributed by atoms with Crippen LogP contribution in [0.4, 0.5) is 0 Å². The van der Waals surface area contributed by atoms with Crippen molar-refractivity contribution in [2.75, 3.05) is 0 Å². The Morgan fingerprint density at radius 1 is 1.12 bits per heavy atom. The van der Waals surface area contributed by atoms with Crippen LogP contribution >= 0.6 is 0 Å². The molecule has 1 aromatic rings. The van der Waals surface area contributed by atoms with Crippen molar-refractivity contribution in [3.05, 3.63) is 18.0 Å². The maximum Gasteiger partial charge on any atom is 0.136 e. The van der Waals surface area contributed by atoms with Gasteiger partial charge >= 0.3 is 0 Å². The minimum atomic E-state index is -0.447. The molecular formula is C28H41N3O2. The third-order valence-electron chi connectivity index (χ3n) is 10.4. The molecule has 33 heavy (non-hydrogen) atoms. The number of carbonyl (C=O) groups is 1. The van der Waals surface area contributed by atoms with Crippen molar-refractivity contribution in [2.45, 2.75) is 103 Å². The summed E-state index contributed by atoms with van der Waals surface area (Å²) in [6.45, 7) is 5.27. The molecule has 0 saturated heterocycles. The highest BCUT2D eigenvalue weighted by Crippen LogP contribution is 2.64. The van der Waals surface area contributed by atoms with Crippen molar-refractivity contribution in [1.82, 2.24) is 9.78 Å². The first kappa shape index (κ1) is 23.1. The summed E-state index contributed by atoms with van der Waals surface area (Å²) < 4.78 is 1.82. The number of hydrogen-bond acceptors (Lipinski definition) is 4. The van der Waals surface area contributed by atoms with Gasteiger partial charge in [-0.1, -0.05) is 6.92 Å². The van der Waals surface area contributed by atoms with Gasteiger partial charge in [0.1, 0.15) is 11.9 Å². The molecule has 0 radical (unpaired) electrons. The molecule has 180 valence electrons. The van der Waals surface area contributed by atoms with E-state index in [9.17, 15) is 9.90 Å². The predicted molar refractivity (Wildman–Crippen MR) is 127 cm³/mol. The first-order valence-corrected chi connectivity index (χ1v) is 13.5. The number of ketones is 1. The van der Waals surface area contributed by atoms with Crippen molar-refractivity contribution in [3.8, 4) is 6.07 Å². The molecule has 0 unspecified atom stereocenters. The summed E-state index contributed by atoms with van der Waals surface area (Å²) in [5.41, 5.74) is 0.353. The Kier molecular flexibility index (Phi) is 6.18. The van der Waals surface area contributed by atoms with E-state index >= 15 is 0 Å². The van der Waals surface area contributed by atoms with Crippen LogP contribution in [0.15, 0.2) is 12.4 Å². The first-order valence-electron chi connectivity index (χ1n) is 13.5.